The Labute approximate surface area is 124 Å². The van der Waals surface area contributed by atoms with E-state index in [0.29, 0.717) is 28.0 Å². The van der Waals surface area contributed by atoms with Crippen LogP contribution in [-0.4, -0.2) is 33.6 Å². The molecule has 1 aliphatic rings. The first-order valence-electron chi connectivity index (χ1n) is 6.80. The molecular formula is C15H20ClNO3. The van der Waals surface area contributed by atoms with Crippen molar-refractivity contribution in [1.82, 2.24) is 5.32 Å². The minimum atomic E-state index is 0.417. The lowest BCUT2D eigenvalue weighted by atomic mass is 9.91. The number of piperidine rings is 1. The molecule has 1 unspecified atom stereocenters. The number of nitrogens with one attached hydrogen (secondary N) is 1. The number of ether oxygens (including phenoxy) is 2. The van der Waals surface area contributed by atoms with E-state index in [2.05, 4.69) is 5.32 Å². The van der Waals surface area contributed by atoms with Gasteiger partial charge in [0.15, 0.2) is 17.8 Å². The Morgan fingerprint density at radius 2 is 2.15 bits per heavy atom. The molecule has 0 spiro atoms. The number of carbonyl (C=O) groups excluding carboxylic acids is 1. The molecule has 0 radical (unpaired) electrons. The first-order valence-corrected chi connectivity index (χ1v) is 7.18. The fourth-order valence-corrected chi connectivity index (χ4v) is 3.04. The van der Waals surface area contributed by atoms with Gasteiger partial charge < -0.3 is 14.8 Å². The monoisotopic (exact) mass is 297 g/mol. The maximum atomic E-state index is 11.1. The van der Waals surface area contributed by atoms with Gasteiger partial charge in [0.05, 0.1) is 19.8 Å². The van der Waals surface area contributed by atoms with Crippen LogP contribution in [0.2, 0.25) is 5.02 Å². The van der Waals surface area contributed by atoms with E-state index in [0.717, 1.165) is 31.4 Å². The summed E-state index contributed by atoms with van der Waals surface area (Å²) in [5.74, 6) is 1.57. The zero-order chi connectivity index (χ0) is 14.5. The highest BCUT2D eigenvalue weighted by molar-refractivity contribution is 6.32. The molecule has 1 heterocycles. The molecule has 0 amide bonds. The van der Waals surface area contributed by atoms with Crippen molar-refractivity contribution in [2.75, 3.05) is 27.3 Å². The van der Waals surface area contributed by atoms with Gasteiger partial charge in [-0.25, -0.2) is 0 Å². The van der Waals surface area contributed by atoms with Crippen LogP contribution in [0.5, 0.6) is 11.5 Å². The van der Waals surface area contributed by atoms with E-state index >= 15 is 0 Å². The standard InChI is InChI=1S/C15H20ClNO3/c1-19-14-11(9-18)7-13(16)12(15(14)20-2)6-10-4-3-5-17-8-10/h7,9-10,17H,3-6,8H2,1-2H3. The zero-order valence-corrected chi connectivity index (χ0v) is 12.6. The number of methoxy groups -OCH3 is 2. The molecule has 0 bridgehead atoms. The van der Waals surface area contributed by atoms with Gasteiger partial charge >= 0.3 is 0 Å². The van der Waals surface area contributed by atoms with Crippen LogP contribution in [0.4, 0.5) is 0 Å². The number of hydrogen-bond donors (Lipinski definition) is 1. The molecule has 4 nitrogen and oxygen atoms in total. The number of carbonyl (C=O) groups is 1. The van der Waals surface area contributed by atoms with Crippen LogP contribution in [0.25, 0.3) is 0 Å². The highest BCUT2D eigenvalue weighted by atomic mass is 35.5. The van der Waals surface area contributed by atoms with Crippen molar-refractivity contribution in [2.45, 2.75) is 19.3 Å². The SMILES string of the molecule is COc1c(C=O)cc(Cl)c(CC2CCCNC2)c1OC. The summed E-state index contributed by atoms with van der Waals surface area (Å²) in [5, 5.41) is 3.96. The minimum absolute atomic E-state index is 0.417. The molecule has 1 aromatic carbocycles. The summed E-state index contributed by atoms with van der Waals surface area (Å²) < 4.78 is 10.8. The first kappa shape index (κ1) is 15.1. The Bertz CT molecular complexity index is 484. The number of hydrogen-bond acceptors (Lipinski definition) is 4. The summed E-state index contributed by atoms with van der Waals surface area (Å²) in [6.07, 6.45) is 3.90. The normalized spacial score (nSPS) is 18.6. The lowest BCUT2D eigenvalue weighted by molar-refractivity contribution is 0.112. The summed E-state index contributed by atoms with van der Waals surface area (Å²) in [5.41, 5.74) is 1.34. The van der Waals surface area contributed by atoms with Gasteiger partial charge in [0.25, 0.3) is 0 Å². The molecule has 0 aliphatic carbocycles. The average Bonchev–Trinajstić information content (AvgIpc) is 2.49. The second-order valence-corrected chi connectivity index (χ2v) is 5.43. The van der Waals surface area contributed by atoms with Crippen LogP contribution in [0.15, 0.2) is 6.07 Å². The van der Waals surface area contributed by atoms with E-state index < -0.39 is 0 Å². The van der Waals surface area contributed by atoms with Crippen molar-refractivity contribution in [3.05, 3.63) is 22.2 Å². The Morgan fingerprint density at radius 3 is 2.70 bits per heavy atom. The van der Waals surface area contributed by atoms with Gasteiger partial charge in [-0.15, -0.1) is 0 Å². The third-order valence-electron chi connectivity index (χ3n) is 3.74. The van der Waals surface area contributed by atoms with E-state index in [-0.39, 0.29) is 0 Å². The van der Waals surface area contributed by atoms with Gasteiger partial charge in [-0.3, -0.25) is 4.79 Å². The van der Waals surface area contributed by atoms with E-state index in [1.165, 1.54) is 20.0 Å². The summed E-state index contributed by atoms with van der Waals surface area (Å²) in [7, 11) is 3.11. The van der Waals surface area contributed by atoms with Gasteiger partial charge in [0.1, 0.15) is 0 Å². The Morgan fingerprint density at radius 1 is 1.40 bits per heavy atom. The maximum Gasteiger partial charge on any atom is 0.171 e. The number of halogens is 1. The third-order valence-corrected chi connectivity index (χ3v) is 4.08. The van der Waals surface area contributed by atoms with Crippen LogP contribution in [-0.2, 0) is 6.42 Å². The first-order chi connectivity index (χ1) is 9.71. The molecule has 1 aromatic rings. The fourth-order valence-electron chi connectivity index (χ4n) is 2.76. The van der Waals surface area contributed by atoms with Crippen LogP contribution in [0.1, 0.15) is 28.8 Å². The van der Waals surface area contributed by atoms with Gasteiger partial charge in [-0.2, -0.15) is 0 Å². The lowest BCUT2D eigenvalue weighted by Gasteiger charge is -2.24. The maximum absolute atomic E-state index is 11.1. The highest BCUT2D eigenvalue weighted by Crippen LogP contribution is 2.40. The van der Waals surface area contributed by atoms with Crippen molar-refractivity contribution in [3.8, 4) is 11.5 Å². The molecule has 0 aromatic heterocycles. The van der Waals surface area contributed by atoms with Gasteiger partial charge in [-0.05, 0) is 44.3 Å². The number of benzene rings is 1. The molecular weight excluding hydrogens is 278 g/mol. The van der Waals surface area contributed by atoms with Crippen molar-refractivity contribution < 1.29 is 14.3 Å². The topological polar surface area (TPSA) is 47.6 Å². The van der Waals surface area contributed by atoms with E-state index in [9.17, 15) is 4.79 Å². The largest absolute Gasteiger partial charge is 0.492 e. The zero-order valence-electron chi connectivity index (χ0n) is 11.9. The minimum Gasteiger partial charge on any atom is -0.492 e. The van der Waals surface area contributed by atoms with Gasteiger partial charge in [0, 0.05) is 10.6 Å². The average molecular weight is 298 g/mol. The summed E-state index contributed by atoms with van der Waals surface area (Å²) in [4.78, 5) is 11.1. The second kappa shape index (κ2) is 6.95. The van der Waals surface area contributed by atoms with Crippen LogP contribution >= 0.6 is 11.6 Å². The molecule has 1 N–H and O–H groups in total. The fraction of sp³-hybridized carbons (Fsp3) is 0.533. The molecule has 1 atom stereocenters. The van der Waals surface area contributed by atoms with Crippen molar-refractivity contribution in [1.29, 1.82) is 0 Å². The lowest BCUT2D eigenvalue weighted by Crippen LogP contribution is -2.31. The van der Waals surface area contributed by atoms with Crippen LogP contribution in [0, 0.1) is 5.92 Å². The van der Waals surface area contributed by atoms with E-state index in [4.69, 9.17) is 21.1 Å². The molecule has 1 aliphatic heterocycles. The van der Waals surface area contributed by atoms with Crippen molar-refractivity contribution >= 4 is 17.9 Å². The Kier molecular flexibility index (Phi) is 5.26. The second-order valence-electron chi connectivity index (χ2n) is 5.03. The molecule has 0 saturated carbocycles. The van der Waals surface area contributed by atoms with Crippen molar-refractivity contribution in [2.24, 2.45) is 5.92 Å². The van der Waals surface area contributed by atoms with Crippen molar-refractivity contribution in [3.63, 3.8) is 0 Å². The quantitative estimate of drug-likeness (QED) is 0.849. The van der Waals surface area contributed by atoms with E-state index in [1.807, 2.05) is 0 Å². The Hall–Kier alpha value is -1.26. The molecule has 1 fully saturated rings. The van der Waals surface area contributed by atoms with Crippen LogP contribution in [0.3, 0.4) is 0 Å². The number of rotatable bonds is 5. The highest BCUT2D eigenvalue weighted by Gasteiger charge is 2.22. The summed E-state index contributed by atoms with van der Waals surface area (Å²) in [6.45, 7) is 2.06. The Balaban J connectivity index is 2.37. The molecule has 2 rings (SSSR count). The summed E-state index contributed by atoms with van der Waals surface area (Å²) in [6, 6.07) is 1.65. The van der Waals surface area contributed by atoms with Gasteiger partial charge in [-0.1, -0.05) is 11.6 Å². The van der Waals surface area contributed by atoms with Gasteiger partial charge in [0.2, 0.25) is 0 Å². The molecule has 110 valence electrons. The van der Waals surface area contributed by atoms with Crippen LogP contribution < -0.4 is 14.8 Å². The molecule has 5 heteroatoms. The molecule has 1 saturated heterocycles. The predicted molar refractivity (Wildman–Crippen MR) is 79.2 cm³/mol. The summed E-state index contributed by atoms with van der Waals surface area (Å²) >= 11 is 6.33. The smallest absolute Gasteiger partial charge is 0.171 e. The molecule has 20 heavy (non-hydrogen) atoms. The van der Waals surface area contributed by atoms with E-state index in [1.54, 1.807) is 13.2 Å². The number of aldehydes is 1. The third kappa shape index (κ3) is 3.07. The predicted octanol–water partition coefficient (Wildman–Crippen LogP) is 2.71.